The zero-order valence-electron chi connectivity index (χ0n) is 14.3. The number of nitrogens with one attached hydrogen (secondary N) is 1. The fraction of sp³-hybridized carbons (Fsp3) is 0.462. The number of methoxy groups -OCH3 is 1. The Bertz CT molecular complexity index is 927. The molecule has 0 spiro atoms. The van der Waals surface area contributed by atoms with Gasteiger partial charge in [-0.25, -0.2) is 19.2 Å². The predicted octanol–water partition coefficient (Wildman–Crippen LogP) is -0.185. The predicted molar refractivity (Wildman–Crippen MR) is 88.8 cm³/mol. The maximum Gasteiger partial charge on any atom is 0.360 e. The fourth-order valence-corrected chi connectivity index (χ4v) is 3.91. The van der Waals surface area contributed by atoms with Gasteiger partial charge in [-0.3, -0.25) is 4.79 Å². The van der Waals surface area contributed by atoms with Crippen molar-refractivity contribution in [3.63, 3.8) is 0 Å². The monoisotopic (exact) mass is 403 g/mol. The van der Waals surface area contributed by atoms with E-state index >= 15 is 0 Å². The van der Waals surface area contributed by atoms with Gasteiger partial charge in [0.1, 0.15) is 6.04 Å². The number of carbonyl (C=O) groups excluding carboxylic acids is 2. The third-order valence-electron chi connectivity index (χ3n) is 3.23. The van der Waals surface area contributed by atoms with Crippen molar-refractivity contribution in [2.75, 3.05) is 7.11 Å². The number of rotatable bonds is 6. The minimum absolute atomic E-state index is 0.121. The fourth-order valence-electron chi connectivity index (χ4n) is 1.71. The molecule has 0 aliphatic rings. The molecule has 1 atom stereocenters. The third kappa shape index (κ3) is 4.23. The van der Waals surface area contributed by atoms with Gasteiger partial charge in [0.15, 0.2) is 5.69 Å². The molecule has 26 heavy (non-hydrogen) atoms. The van der Waals surface area contributed by atoms with Crippen LogP contribution in [0.15, 0.2) is 16.7 Å². The van der Waals surface area contributed by atoms with E-state index in [-0.39, 0.29) is 10.0 Å². The Morgan fingerprint density at radius 1 is 1.42 bits per heavy atom. The molecule has 0 fully saturated rings. The summed E-state index contributed by atoms with van der Waals surface area (Å²) in [5, 5.41) is 17.0. The maximum absolute atomic E-state index is 12.3. The van der Waals surface area contributed by atoms with E-state index in [1.54, 1.807) is 0 Å². The molecular formula is C13H17N5O6S2. The normalized spacial score (nSPS) is 13.3. The largest absolute Gasteiger partial charge is 0.464 e. The summed E-state index contributed by atoms with van der Waals surface area (Å²) in [6.07, 6.45) is 2.39. The number of aliphatic hydroxyl groups is 1. The molecule has 2 heterocycles. The molecule has 2 rings (SSSR count). The quantitative estimate of drug-likeness (QED) is 0.625. The Morgan fingerprint density at radius 2 is 2.08 bits per heavy atom. The van der Waals surface area contributed by atoms with E-state index in [4.69, 9.17) is 0 Å². The molecule has 0 aliphatic heterocycles. The molecule has 0 saturated carbocycles. The first kappa shape index (κ1) is 19.9. The number of amides is 1. The highest BCUT2D eigenvalue weighted by Gasteiger charge is 2.29. The highest BCUT2D eigenvalue weighted by molar-refractivity contribution is 7.92. The molecule has 1 amide bonds. The standard InChI is InChI=1S/C13H17N5O6S2/c1-7(18-6-8(15-17-18)11(20)24-4)10(19)16-26(22,23)12-14-5-9(25-12)13(2,3)21/h5-7,21H,1-4H3,(H,16,19)/t7-/m0/s1. The zero-order chi connectivity index (χ0) is 19.7. The Kier molecular flexibility index (Phi) is 5.44. The first-order valence-electron chi connectivity index (χ1n) is 7.21. The summed E-state index contributed by atoms with van der Waals surface area (Å²) < 4.78 is 31.6. The Hall–Kier alpha value is -2.38. The Morgan fingerprint density at radius 3 is 2.62 bits per heavy atom. The molecule has 11 nitrogen and oxygen atoms in total. The highest BCUT2D eigenvalue weighted by atomic mass is 32.2. The van der Waals surface area contributed by atoms with Gasteiger partial charge >= 0.3 is 5.97 Å². The number of hydrogen-bond acceptors (Lipinski definition) is 10. The smallest absolute Gasteiger partial charge is 0.360 e. The van der Waals surface area contributed by atoms with E-state index in [0.29, 0.717) is 4.88 Å². The van der Waals surface area contributed by atoms with E-state index in [1.165, 1.54) is 40.3 Å². The van der Waals surface area contributed by atoms with Crippen molar-refractivity contribution >= 4 is 33.2 Å². The highest BCUT2D eigenvalue weighted by Crippen LogP contribution is 2.28. The molecule has 0 unspecified atom stereocenters. The van der Waals surface area contributed by atoms with Crippen LogP contribution in [0.25, 0.3) is 0 Å². The lowest BCUT2D eigenvalue weighted by Crippen LogP contribution is -2.36. The van der Waals surface area contributed by atoms with Crippen LogP contribution >= 0.6 is 11.3 Å². The van der Waals surface area contributed by atoms with E-state index in [1.807, 2.05) is 4.72 Å². The molecular weight excluding hydrogens is 386 g/mol. The van der Waals surface area contributed by atoms with E-state index < -0.39 is 33.5 Å². The number of ether oxygens (including phenoxy) is 1. The number of carbonyl (C=O) groups is 2. The minimum Gasteiger partial charge on any atom is -0.464 e. The molecule has 2 aromatic rings. The molecule has 142 valence electrons. The van der Waals surface area contributed by atoms with Crippen LogP contribution in [0, 0.1) is 0 Å². The van der Waals surface area contributed by atoms with Gasteiger partial charge in [0.05, 0.1) is 23.8 Å². The summed E-state index contributed by atoms with van der Waals surface area (Å²) in [6, 6.07) is -1.07. The summed E-state index contributed by atoms with van der Waals surface area (Å²) in [5.74, 6) is -1.63. The van der Waals surface area contributed by atoms with Gasteiger partial charge in [-0.1, -0.05) is 5.21 Å². The lowest BCUT2D eigenvalue weighted by Gasteiger charge is -2.13. The molecule has 2 N–H and O–H groups in total. The van der Waals surface area contributed by atoms with Gasteiger partial charge in [0.25, 0.3) is 15.9 Å². The van der Waals surface area contributed by atoms with Crippen LogP contribution < -0.4 is 4.72 Å². The van der Waals surface area contributed by atoms with Gasteiger partial charge in [0.2, 0.25) is 4.34 Å². The van der Waals surface area contributed by atoms with Crippen molar-refractivity contribution in [1.29, 1.82) is 0 Å². The van der Waals surface area contributed by atoms with Crippen LogP contribution in [0.3, 0.4) is 0 Å². The first-order valence-corrected chi connectivity index (χ1v) is 9.51. The molecule has 0 aliphatic carbocycles. The summed E-state index contributed by atoms with van der Waals surface area (Å²) in [6.45, 7) is 4.35. The maximum atomic E-state index is 12.3. The van der Waals surface area contributed by atoms with Crippen molar-refractivity contribution in [3.05, 3.63) is 23.0 Å². The summed E-state index contributed by atoms with van der Waals surface area (Å²) >= 11 is 0.748. The van der Waals surface area contributed by atoms with Gasteiger partial charge in [-0.05, 0) is 20.8 Å². The van der Waals surface area contributed by atoms with E-state index in [9.17, 15) is 23.1 Å². The average molecular weight is 403 g/mol. The van der Waals surface area contributed by atoms with Crippen LogP contribution in [0.4, 0.5) is 0 Å². The summed E-state index contributed by atoms with van der Waals surface area (Å²) in [7, 11) is -3.06. The number of sulfonamides is 1. The van der Waals surface area contributed by atoms with Crippen molar-refractivity contribution in [3.8, 4) is 0 Å². The van der Waals surface area contributed by atoms with Crippen molar-refractivity contribution in [2.45, 2.75) is 36.8 Å². The Labute approximate surface area is 153 Å². The molecule has 0 bridgehead atoms. The van der Waals surface area contributed by atoms with Crippen LogP contribution in [0.1, 0.15) is 42.2 Å². The second kappa shape index (κ2) is 7.09. The molecule has 13 heteroatoms. The van der Waals surface area contributed by atoms with Gasteiger partial charge < -0.3 is 9.84 Å². The number of esters is 1. The van der Waals surface area contributed by atoms with Crippen molar-refractivity contribution in [1.82, 2.24) is 24.7 Å². The number of thiazole rings is 1. The lowest BCUT2D eigenvalue weighted by atomic mass is 10.1. The third-order valence-corrected chi connectivity index (χ3v) is 6.28. The zero-order valence-corrected chi connectivity index (χ0v) is 16.0. The summed E-state index contributed by atoms with van der Waals surface area (Å²) in [5.41, 5.74) is -1.38. The van der Waals surface area contributed by atoms with Crippen LogP contribution in [0.5, 0.6) is 0 Å². The van der Waals surface area contributed by atoms with E-state index in [2.05, 4.69) is 20.0 Å². The number of aromatic nitrogens is 4. The minimum atomic E-state index is -4.22. The number of hydrogen-bond donors (Lipinski definition) is 2. The average Bonchev–Trinajstić information content (AvgIpc) is 3.21. The van der Waals surface area contributed by atoms with Gasteiger partial charge in [-0.2, -0.15) is 8.42 Å². The van der Waals surface area contributed by atoms with Gasteiger partial charge in [-0.15, -0.1) is 16.4 Å². The topological polar surface area (TPSA) is 153 Å². The molecule has 0 saturated heterocycles. The van der Waals surface area contributed by atoms with Crippen LogP contribution in [-0.4, -0.2) is 52.5 Å². The second-order valence-corrected chi connectivity index (χ2v) is 8.66. The van der Waals surface area contributed by atoms with Crippen LogP contribution in [0.2, 0.25) is 0 Å². The molecule has 0 aromatic carbocycles. The SMILES string of the molecule is COC(=O)c1cn([C@@H](C)C(=O)NS(=O)(=O)c2ncc(C(C)(C)O)s2)nn1. The first-order chi connectivity index (χ1) is 12.0. The Balaban J connectivity index is 2.16. The lowest BCUT2D eigenvalue weighted by molar-refractivity contribution is -0.122. The van der Waals surface area contributed by atoms with Gasteiger partial charge in [0, 0.05) is 6.20 Å². The molecule has 2 aromatic heterocycles. The van der Waals surface area contributed by atoms with Crippen molar-refractivity contribution < 1.29 is 27.9 Å². The second-order valence-electron chi connectivity index (χ2n) is 5.77. The van der Waals surface area contributed by atoms with Crippen LogP contribution in [-0.2, 0) is 25.2 Å². The molecule has 0 radical (unpaired) electrons. The summed E-state index contributed by atoms with van der Waals surface area (Å²) in [4.78, 5) is 27.6. The van der Waals surface area contributed by atoms with Crippen molar-refractivity contribution in [2.24, 2.45) is 0 Å². The number of nitrogens with zero attached hydrogens (tertiary/aromatic N) is 4. The van der Waals surface area contributed by atoms with E-state index in [0.717, 1.165) is 16.0 Å².